The van der Waals surface area contributed by atoms with Crippen LogP contribution in [0.3, 0.4) is 0 Å². The Morgan fingerprint density at radius 1 is 1.50 bits per heavy atom. The third kappa shape index (κ3) is 2.19. The summed E-state index contributed by atoms with van der Waals surface area (Å²) in [7, 11) is 0. The van der Waals surface area contributed by atoms with Crippen molar-refractivity contribution in [1.82, 2.24) is 0 Å². The Morgan fingerprint density at radius 2 is 2.19 bits per heavy atom. The highest BCUT2D eigenvalue weighted by Gasteiger charge is 2.44. The van der Waals surface area contributed by atoms with E-state index in [-0.39, 0.29) is 0 Å². The first-order valence-corrected chi connectivity index (χ1v) is 5.77. The van der Waals surface area contributed by atoms with Gasteiger partial charge in [0, 0.05) is 6.54 Å². The fourth-order valence-corrected chi connectivity index (χ4v) is 2.06. The van der Waals surface area contributed by atoms with Crippen LogP contribution in [0.15, 0.2) is 18.2 Å². The van der Waals surface area contributed by atoms with Crippen LogP contribution in [0, 0.1) is 29.6 Å². The van der Waals surface area contributed by atoms with E-state index < -0.39 is 0 Å². The maximum atomic E-state index is 9.00. The highest BCUT2D eigenvalue weighted by molar-refractivity contribution is 5.58. The van der Waals surface area contributed by atoms with E-state index in [1.807, 2.05) is 25.1 Å². The molecule has 0 heterocycles. The first-order chi connectivity index (χ1) is 7.53. The summed E-state index contributed by atoms with van der Waals surface area (Å²) in [6.07, 6.45) is 1.29. The number of nitrogens with one attached hydrogen (secondary N) is 1. The van der Waals surface area contributed by atoms with Gasteiger partial charge in [0.2, 0.25) is 0 Å². The molecule has 2 heteroatoms. The van der Waals surface area contributed by atoms with Gasteiger partial charge in [-0.15, -0.1) is 0 Å². The standard InChI is InChI=1S/C14H18N2/c1-10-4-5-11(8-15)13(6-10)16-9-12-7-14(12,2)3/h4-6,12,16H,7,9H2,1-3H3. The van der Waals surface area contributed by atoms with Crippen LogP contribution in [-0.4, -0.2) is 6.54 Å². The number of aryl methyl sites for hydroxylation is 1. The zero-order valence-corrected chi connectivity index (χ0v) is 10.2. The van der Waals surface area contributed by atoms with Crippen molar-refractivity contribution in [3.05, 3.63) is 29.3 Å². The number of nitriles is 1. The van der Waals surface area contributed by atoms with Gasteiger partial charge in [0.05, 0.1) is 11.3 Å². The minimum Gasteiger partial charge on any atom is -0.384 e. The fraction of sp³-hybridized carbons (Fsp3) is 0.500. The van der Waals surface area contributed by atoms with Gasteiger partial charge in [-0.25, -0.2) is 0 Å². The molecule has 1 aliphatic rings. The van der Waals surface area contributed by atoms with Gasteiger partial charge in [0.25, 0.3) is 0 Å². The Labute approximate surface area is 97.3 Å². The summed E-state index contributed by atoms with van der Waals surface area (Å²) in [4.78, 5) is 0. The lowest BCUT2D eigenvalue weighted by molar-refractivity contribution is 0.573. The van der Waals surface area contributed by atoms with Gasteiger partial charge >= 0.3 is 0 Å². The third-order valence-electron chi connectivity index (χ3n) is 3.55. The molecule has 2 rings (SSSR count). The smallest absolute Gasteiger partial charge is 0.101 e. The van der Waals surface area contributed by atoms with E-state index in [0.29, 0.717) is 5.41 Å². The van der Waals surface area contributed by atoms with Crippen molar-refractivity contribution in [2.75, 3.05) is 11.9 Å². The van der Waals surface area contributed by atoms with Crippen LogP contribution in [0.2, 0.25) is 0 Å². The molecule has 0 bridgehead atoms. The van der Waals surface area contributed by atoms with Crippen LogP contribution in [0.25, 0.3) is 0 Å². The average Bonchev–Trinajstić information content (AvgIpc) is 2.84. The molecule has 2 nitrogen and oxygen atoms in total. The highest BCUT2D eigenvalue weighted by Crippen LogP contribution is 2.51. The number of hydrogen-bond donors (Lipinski definition) is 1. The van der Waals surface area contributed by atoms with E-state index in [4.69, 9.17) is 5.26 Å². The van der Waals surface area contributed by atoms with Crippen LogP contribution >= 0.6 is 0 Å². The predicted molar refractivity (Wildman–Crippen MR) is 66.3 cm³/mol. The van der Waals surface area contributed by atoms with Gasteiger partial charge in [0.1, 0.15) is 6.07 Å². The van der Waals surface area contributed by atoms with E-state index in [2.05, 4.69) is 25.2 Å². The molecule has 0 spiro atoms. The van der Waals surface area contributed by atoms with Gasteiger partial charge in [-0.3, -0.25) is 0 Å². The lowest BCUT2D eigenvalue weighted by Gasteiger charge is -2.10. The summed E-state index contributed by atoms with van der Waals surface area (Å²) in [5.41, 5.74) is 3.40. The Balaban J connectivity index is 2.04. The SMILES string of the molecule is Cc1ccc(C#N)c(NCC2CC2(C)C)c1. The van der Waals surface area contributed by atoms with Crippen molar-refractivity contribution in [3.8, 4) is 6.07 Å². The zero-order chi connectivity index (χ0) is 11.8. The molecule has 1 unspecified atom stereocenters. The number of hydrogen-bond acceptors (Lipinski definition) is 2. The summed E-state index contributed by atoms with van der Waals surface area (Å²) >= 11 is 0. The largest absolute Gasteiger partial charge is 0.384 e. The van der Waals surface area contributed by atoms with Crippen LogP contribution < -0.4 is 5.32 Å². The maximum absolute atomic E-state index is 9.00. The van der Waals surface area contributed by atoms with Crippen LogP contribution in [0.5, 0.6) is 0 Å². The lowest BCUT2D eigenvalue weighted by Crippen LogP contribution is -2.08. The minimum atomic E-state index is 0.490. The Kier molecular flexibility index (Phi) is 2.63. The molecule has 84 valence electrons. The second-order valence-corrected chi connectivity index (χ2v) is 5.43. The van der Waals surface area contributed by atoms with Crippen LogP contribution in [0.4, 0.5) is 5.69 Å². The third-order valence-corrected chi connectivity index (χ3v) is 3.55. The van der Waals surface area contributed by atoms with E-state index >= 15 is 0 Å². The summed E-state index contributed by atoms with van der Waals surface area (Å²) in [5.74, 6) is 0.750. The molecule has 0 aliphatic heterocycles. The summed E-state index contributed by atoms with van der Waals surface area (Å²) in [6, 6.07) is 8.14. The Hall–Kier alpha value is -1.49. The monoisotopic (exact) mass is 214 g/mol. The van der Waals surface area contributed by atoms with Gasteiger partial charge in [-0.2, -0.15) is 5.26 Å². The molecule has 0 radical (unpaired) electrons. The fourth-order valence-electron chi connectivity index (χ4n) is 2.06. The molecule has 1 aromatic carbocycles. The number of nitrogens with zero attached hydrogens (tertiary/aromatic N) is 1. The van der Waals surface area contributed by atoms with E-state index in [1.54, 1.807) is 0 Å². The molecule has 16 heavy (non-hydrogen) atoms. The Bertz CT molecular complexity index is 441. The van der Waals surface area contributed by atoms with Crippen molar-refractivity contribution >= 4 is 5.69 Å². The van der Waals surface area contributed by atoms with Crippen molar-refractivity contribution in [2.45, 2.75) is 27.2 Å². The molecule has 1 atom stereocenters. The second kappa shape index (κ2) is 3.83. The van der Waals surface area contributed by atoms with E-state index in [9.17, 15) is 0 Å². The first-order valence-electron chi connectivity index (χ1n) is 5.77. The molecule has 1 N–H and O–H groups in total. The molecule has 1 saturated carbocycles. The maximum Gasteiger partial charge on any atom is 0.101 e. The molecule has 1 aromatic rings. The predicted octanol–water partition coefficient (Wildman–Crippen LogP) is 3.32. The molecule has 0 amide bonds. The van der Waals surface area contributed by atoms with Crippen molar-refractivity contribution in [3.63, 3.8) is 0 Å². The average molecular weight is 214 g/mol. The number of anilines is 1. The van der Waals surface area contributed by atoms with Crippen molar-refractivity contribution < 1.29 is 0 Å². The molecular weight excluding hydrogens is 196 g/mol. The Morgan fingerprint density at radius 3 is 2.75 bits per heavy atom. The van der Waals surface area contributed by atoms with Crippen molar-refractivity contribution in [1.29, 1.82) is 5.26 Å². The quantitative estimate of drug-likeness (QED) is 0.837. The molecule has 0 aromatic heterocycles. The van der Waals surface area contributed by atoms with Crippen LogP contribution in [-0.2, 0) is 0 Å². The van der Waals surface area contributed by atoms with Crippen LogP contribution in [0.1, 0.15) is 31.4 Å². The highest BCUT2D eigenvalue weighted by atomic mass is 14.9. The van der Waals surface area contributed by atoms with E-state index in [1.165, 1.54) is 12.0 Å². The minimum absolute atomic E-state index is 0.490. The van der Waals surface area contributed by atoms with Gasteiger partial charge in [-0.1, -0.05) is 19.9 Å². The summed E-state index contributed by atoms with van der Waals surface area (Å²) in [5, 5.41) is 12.4. The molecule has 1 aliphatic carbocycles. The number of benzene rings is 1. The van der Waals surface area contributed by atoms with Gasteiger partial charge < -0.3 is 5.32 Å². The molecular formula is C14H18N2. The lowest BCUT2D eigenvalue weighted by atomic mass is 10.1. The van der Waals surface area contributed by atoms with Gasteiger partial charge in [-0.05, 0) is 42.4 Å². The molecule has 0 saturated heterocycles. The van der Waals surface area contributed by atoms with E-state index in [0.717, 1.165) is 23.7 Å². The summed E-state index contributed by atoms with van der Waals surface area (Å²) < 4.78 is 0. The van der Waals surface area contributed by atoms with Crippen molar-refractivity contribution in [2.24, 2.45) is 11.3 Å². The summed E-state index contributed by atoms with van der Waals surface area (Å²) in [6.45, 7) is 7.61. The normalized spacial score (nSPS) is 21.2. The second-order valence-electron chi connectivity index (χ2n) is 5.43. The first kappa shape index (κ1) is 11.0. The zero-order valence-electron chi connectivity index (χ0n) is 10.2. The molecule has 1 fully saturated rings. The van der Waals surface area contributed by atoms with Gasteiger partial charge in [0.15, 0.2) is 0 Å². The number of rotatable bonds is 3. The topological polar surface area (TPSA) is 35.8 Å².